The largest absolute Gasteiger partial charge is 0.335 e. The van der Waals surface area contributed by atoms with Gasteiger partial charge in [0.25, 0.3) is 17.5 Å². The van der Waals surface area contributed by atoms with Gasteiger partial charge < -0.3 is 14.3 Å². The van der Waals surface area contributed by atoms with E-state index in [-0.39, 0.29) is 17.6 Å². The van der Waals surface area contributed by atoms with Crippen LogP contribution >= 0.6 is 0 Å². The zero-order valence-electron chi connectivity index (χ0n) is 18.0. The van der Waals surface area contributed by atoms with Crippen molar-refractivity contribution in [2.24, 2.45) is 0 Å². The SMILES string of the molecule is Cc1noc2nc(-c3ccccc3)cc(C(=O)N3CCN(C(=O)c4ccc(F)cc4)CC3)c12. The molecule has 33 heavy (non-hydrogen) atoms. The number of nitrogens with zero attached hydrogens (tertiary/aromatic N) is 4. The number of carbonyl (C=O) groups excluding carboxylic acids is 2. The molecule has 0 saturated carbocycles. The Morgan fingerprint density at radius 3 is 2.21 bits per heavy atom. The van der Waals surface area contributed by atoms with Crippen LogP contribution in [0.4, 0.5) is 4.39 Å². The van der Waals surface area contributed by atoms with Crippen LogP contribution in [-0.2, 0) is 0 Å². The Labute approximate surface area is 189 Å². The van der Waals surface area contributed by atoms with Crippen LogP contribution in [0.15, 0.2) is 65.2 Å². The molecule has 0 bridgehead atoms. The standard InChI is InChI=1S/C25H21FN4O3/c1-16-22-20(15-21(27-23(22)33-28-16)17-5-3-2-4-6-17)25(32)30-13-11-29(12-14-30)24(31)18-7-9-19(26)10-8-18/h2-10,15H,11-14H2,1H3. The monoisotopic (exact) mass is 444 g/mol. The zero-order valence-corrected chi connectivity index (χ0v) is 18.0. The van der Waals surface area contributed by atoms with Gasteiger partial charge in [0.2, 0.25) is 0 Å². The summed E-state index contributed by atoms with van der Waals surface area (Å²) in [4.78, 5) is 34.2. The van der Waals surface area contributed by atoms with Gasteiger partial charge in [-0.3, -0.25) is 9.59 Å². The molecule has 1 saturated heterocycles. The van der Waals surface area contributed by atoms with E-state index in [1.54, 1.807) is 22.8 Å². The summed E-state index contributed by atoms with van der Waals surface area (Å²) in [5.74, 6) is -0.709. The van der Waals surface area contributed by atoms with Crippen LogP contribution in [0, 0.1) is 12.7 Å². The van der Waals surface area contributed by atoms with Gasteiger partial charge in [0.05, 0.1) is 22.3 Å². The first kappa shape index (κ1) is 20.8. The number of aromatic nitrogens is 2. The van der Waals surface area contributed by atoms with Crippen molar-refractivity contribution in [2.45, 2.75) is 6.92 Å². The van der Waals surface area contributed by atoms with Gasteiger partial charge in [0.15, 0.2) is 0 Å². The van der Waals surface area contributed by atoms with Gasteiger partial charge in [-0.25, -0.2) is 9.37 Å². The number of hydrogen-bond acceptors (Lipinski definition) is 5. The third-order valence-corrected chi connectivity index (χ3v) is 5.86. The fourth-order valence-corrected chi connectivity index (χ4v) is 4.08. The molecule has 1 aliphatic rings. The average Bonchev–Trinajstić information content (AvgIpc) is 3.24. The third kappa shape index (κ3) is 3.95. The number of hydrogen-bond donors (Lipinski definition) is 0. The smallest absolute Gasteiger partial charge is 0.259 e. The second-order valence-electron chi connectivity index (χ2n) is 7.96. The Bertz CT molecular complexity index is 1330. The molecule has 2 amide bonds. The maximum atomic E-state index is 13.5. The number of benzene rings is 2. The van der Waals surface area contributed by atoms with Crippen molar-refractivity contribution in [2.75, 3.05) is 26.2 Å². The summed E-state index contributed by atoms with van der Waals surface area (Å²) in [5, 5.41) is 4.61. The van der Waals surface area contributed by atoms with Crippen LogP contribution in [-0.4, -0.2) is 57.9 Å². The van der Waals surface area contributed by atoms with Gasteiger partial charge in [-0.05, 0) is 37.3 Å². The minimum atomic E-state index is -0.385. The number of piperazine rings is 1. The highest BCUT2D eigenvalue weighted by molar-refractivity contribution is 6.07. The van der Waals surface area contributed by atoms with Crippen molar-refractivity contribution in [1.82, 2.24) is 19.9 Å². The summed E-state index contributed by atoms with van der Waals surface area (Å²) < 4.78 is 18.5. The van der Waals surface area contributed by atoms with Crippen molar-refractivity contribution in [3.8, 4) is 11.3 Å². The summed E-state index contributed by atoms with van der Waals surface area (Å²) in [6.07, 6.45) is 0. The first-order valence-electron chi connectivity index (χ1n) is 10.7. The first-order chi connectivity index (χ1) is 16.0. The summed E-state index contributed by atoms with van der Waals surface area (Å²) >= 11 is 0. The third-order valence-electron chi connectivity index (χ3n) is 5.86. The predicted molar refractivity (Wildman–Crippen MR) is 120 cm³/mol. The molecule has 0 unspecified atom stereocenters. The van der Waals surface area contributed by atoms with Gasteiger partial charge in [0.1, 0.15) is 5.82 Å². The molecule has 1 fully saturated rings. The lowest BCUT2D eigenvalue weighted by Gasteiger charge is -2.35. The van der Waals surface area contributed by atoms with Crippen molar-refractivity contribution < 1.29 is 18.5 Å². The van der Waals surface area contributed by atoms with E-state index in [0.29, 0.717) is 59.8 Å². The highest BCUT2D eigenvalue weighted by Crippen LogP contribution is 2.28. The Hall–Kier alpha value is -4.07. The molecule has 4 aromatic rings. The maximum Gasteiger partial charge on any atom is 0.259 e. The van der Waals surface area contributed by atoms with E-state index in [4.69, 9.17) is 4.52 Å². The van der Waals surface area contributed by atoms with E-state index in [1.807, 2.05) is 30.3 Å². The molecule has 7 nitrogen and oxygen atoms in total. The lowest BCUT2D eigenvalue weighted by Crippen LogP contribution is -2.50. The van der Waals surface area contributed by atoms with Crippen LogP contribution < -0.4 is 0 Å². The lowest BCUT2D eigenvalue weighted by atomic mass is 10.0. The molecule has 5 rings (SSSR count). The van der Waals surface area contributed by atoms with Crippen molar-refractivity contribution in [3.05, 3.63) is 83.3 Å². The molecule has 8 heteroatoms. The predicted octanol–water partition coefficient (Wildman–Crippen LogP) is 3.94. The average molecular weight is 444 g/mol. The molecular weight excluding hydrogens is 423 g/mol. The molecule has 2 aromatic heterocycles. The summed E-state index contributed by atoms with van der Waals surface area (Å²) in [6, 6.07) is 16.8. The van der Waals surface area contributed by atoms with E-state index in [2.05, 4.69) is 10.1 Å². The van der Waals surface area contributed by atoms with Crippen LogP contribution in [0.1, 0.15) is 26.4 Å². The van der Waals surface area contributed by atoms with Crippen molar-refractivity contribution in [3.63, 3.8) is 0 Å². The molecule has 0 spiro atoms. The normalized spacial score (nSPS) is 14.0. The highest BCUT2D eigenvalue weighted by Gasteiger charge is 2.28. The van der Waals surface area contributed by atoms with E-state index in [1.165, 1.54) is 24.3 Å². The molecule has 0 aliphatic carbocycles. The molecule has 2 aromatic carbocycles. The molecule has 1 aliphatic heterocycles. The topological polar surface area (TPSA) is 79.5 Å². The van der Waals surface area contributed by atoms with Gasteiger partial charge in [-0.1, -0.05) is 35.5 Å². The molecule has 0 N–H and O–H groups in total. The van der Waals surface area contributed by atoms with Crippen molar-refractivity contribution >= 4 is 22.9 Å². The van der Waals surface area contributed by atoms with Gasteiger partial charge in [-0.15, -0.1) is 0 Å². The minimum Gasteiger partial charge on any atom is -0.335 e. The number of rotatable bonds is 3. The number of carbonyl (C=O) groups is 2. The molecule has 0 radical (unpaired) electrons. The Morgan fingerprint density at radius 1 is 0.909 bits per heavy atom. The second kappa shape index (κ2) is 8.46. The number of pyridine rings is 1. The van der Waals surface area contributed by atoms with Gasteiger partial charge >= 0.3 is 0 Å². The second-order valence-corrected chi connectivity index (χ2v) is 7.96. The first-order valence-corrected chi connectivity index (χ1v) is 10.7. The van der Waals surface area contributed by atoms with Crippen LogP contribution in [0.2, 0.25) is 0 Å². The number of amides is 2. The molecule has 0 atom stereocenters. The number of halogens is 1. The Kier molecular flexibility index (Phi) is 5.34. The van der Waals surface area contributed by atoms with E-state index >= 15 is 0 Å². The molecular formula is C25H21FN4O3. The fraction of sp³-hybridized carbons (Fsp3) is 0.200. The number of fused-ring (bicyclic) bond motifs is 1. The number of aryl methyl sites for hydroxylation is 1. The summed E-state index contributed by atoms with van der Waals surface area (Å²) in [7, 11) is 0. The quantitative estimate of drug-likeness (QED) is 0.478. The van der Waals surface area contributed by atoms with Crippen LogP contribution in [0.5, 0.6) is 0 Å². The van der Waals surface area contributed by atoms with Crippen LogP contribution in [0.3, 0.4) is 0 Å². The van der Waals surface area contributed by atoms with Gasteiger partial charge in [0, 0.05) is 37.3 Å². The van der Waals surface area contributed by atoms with E-state index in [9.17, 15) is 14.0 Å². The molecule has 3 heterocycles. The summed E-state index contributed by atoms with van der Waals surface area (Å²) in [5.41, 5.74) is 3.34. The van der Waals surface area contributed by atoms with Crippen molar-refractivity contribution in [1.29, 1.82) is 0 Å². The summed E-state index contributed by atoms with van der Waals surface area (Å²) in [6.45, 7) is 3.35. The fourth-order valence-electron chi connectivity index (χ4n) is 4.08. The van der Waals surface area contributed by atoms with Crippen LogP contribution in [0.25, 0.3) is 22.4 Å². The van der Waals surface area contributed by atoms with Gasteiger partial charge in [-0.2, -0.15) is 0 Å². The van der Waals surface area contributed by atoms with E-state index in [0.717, 1.165) is 5.56 Å². The zero-order chi connectivity index (χ0) is 22.9. The Morgan fingerprint density at radius 2 is 1.55 bits per heavy atom. The van der Waals surface area contributed by atoms with E-state index < -0.39 is 0 Å². The lowest BCUT2D eigenvalue weighted by molar-refractivity contribution is 0.0536. The highest BCUT2D eigenvalue weighted by atomic mass is 19.1. The maximum absolute atomic E-state index is 13.5. The Balaban J connectivity index is 1.39. The minimum absolute atomic E-state index is 0.153. The molecule has 166 valence electrons.